The van der Waals surface area contributed by atoms with E-state index in [2.05, 4.69) is 27.7 Å². The summed E-state index contributed by atoms with van der Waals surface area (Å²) in [4.78, 5) is 27.5. The molecule has 6 rings (SSSR count). The highest BCUT2D eigenvalue weighted by molar-refractivity contribution is 6.06. The fourth-order valence-corrected chi connectivity index (χ4v) is 6.65. The number of Topliss-reactive ketones (excluding diaryl/α,β-unsaturated/α-hetero) is 2. The molecule has 0 saturated carbocycles. The van der Waals surface area contributed by atoms with Gasteiger partial charge in [-0.15, -0.1) is 0 Å². The van der Waals surface area contributed by atoms with Crippen molar-refractivity contribution < 1.29 is 28.5 Å². The Bertz CT molecular complexity index is 1610. The Morgan fingerprint density at radius 3 is 1.86 bits per heavy atom. The standard InChI is InChI=1S/C38H40O6/c1-37(2)18-27(39)35-32(20-37)44-33-21-38(3,4)19-28(40)36(33)34(35)26-13-9-10-14-29(26)42-23-25-15-16-30(31(17-25)41-5)43-22-24-11-7-6-8-12-24/h6-17,34H,18-23H2,1-5H3. The Labute approximate surface area is 259 Å². The minimum Gasteiger partial charge on any atom is -0.493 e. The zero-order valence-corrected chi connectivity index (χ0v) is 26.2. The van der Waals surface area contributed by atoms with Gasteiger partial charge < -0.3 is 18.9 Å². The van der Waals surface area contributed by atoms with Gasteiger partial charge in [0.15, 0.2) is 23.1 Å². The number of allylic oxidation sites excluding steroid dienone is 4. The van der Waals surface area contributed by atoms with E-state index in [9.17, 15) is 9.59 Å². The molecule has 2 aliphatic carbocycles. The second-order valence-electron chi connectivity index (χ2n) is 13.7. The molecule has 0 fully saturated rings. The van der Waals surface area contributed by atoms with Crippen LogP contribution in [0.3, 0.4) is 0 Å². The number of para-hydroxylation sites is 1. The summed E-state index contributed by atoms with van der Waals surface area (Å²) < 4.78 is 24.6. The first-order valence-corrected chi connectivity index (χ1v) is 15.3. The maximum Gasteiger partial charge on any atom is 0.163 e. The van der Waals surface area contributed by atoms with E-state index < -0.39 is 5.92 Å². The minimum atomic E-state index is -0.513. The first kappa shape index (κ1) is 29.7. The summed E-state index contributed by atoms with van der Waals surface area (Å²) >= 11 is 0. The van der Waals surface area contributed by atoms with Gasteiger partial charge >= 0.3 is 0 Å². The number of ketones is 2. The third-order valence-corrected chi connectivity index (χ3v) is 8.67. The zero-order chi connectivity index (χ0) is 31.1. The highest BCUT2D eigenvalue weighted by Crippen LogP contribution is 2.54. The number of rotatable bonds is 8. The summed E-state index contributed by atoms with van der Waals surface area (Å²) in [5.41, 5.74) is 3.58. The van der Waals surface area contributed by atoms with E-state index in [1.54, 1.807) is 7.11 Å². The van der Waals surface area contributed by atoms with E-state index >= 15 is 0 Å². The van der Waals surface area contributed by atoms with Crippen LogP contribution in [0.4, 0.5) is 0 Å². The molecule has 3 aromatic carbocycles. The number of carbonyl (C=O) groups is 2. The van der Waals surface area contributed by atoms with E-state index in [1.807, 2.05) is 72.8 Å². The van der Waals surface area contributed by atoms with E-state index in [0.29, 0.717) is 72.2 Å². The van der Waals surface area contributed by atoms with Crippen molar-refractivity contribution in [2.75, 3.05) is 7.11 Å². The molecule has 6 nitrogen and oxygen atoms in total. The van der Waals surface area contributed by atoms with E-state index in [4.69, 9.17) is 18.9 Å². The quantitative estimate of drug-likeness (QED) is 0.262. The highest BCUT2D eigenvalue weighted by atomic mass is 16.5. The molecule has 228 valence electrons. The van der Waals surface area contributed by atoms with Crippen LogP contribution in [0.25, 0.3) is 0 Å². The van der Waals surface area contributed by atoms with Gasteiger partial charge in [-0.25, -0.2) is 0 Å². The second kappa shape index (κ2) is 11.6. The predicted molar refractivity (Wildman–Crippen MR) is 168 cm³/mol. The van der Waals surface area contributed by atoms with E-state index in [1.165, 1.54) is 0 Å². The van der Waals surface area contributed by atoms with E-state index in [0.717, 1.165) is 16.7 Å². The van der Waals surface area contributed by atoms with Gasteiger partial charge in [-0.1, -0.05) is 82.3 Å². The molecule has 0 amide bonds. The summed E-state index contributed by atoms with van der Waals surface area (Å²) in [6.07, 6.45) is 2.12. The molecule has 0 radical (unpaired) electrons. The normalized spacial score (nSPS) is 19.2. The van der Waals surface area contributed by atoms with Gasteiger partial charge in [-0.3, -0.25) is 9.59 Å². The predicted octanol–water partition coefficient (Wildman–Crippen LogP) is 8.25. The first-order chi connectivity index (χ1) is 21.0. The van der Waals surface area contributed by atoms with Crippen molar-refractivity contribution in [1.29, 1.82) is 0 Å². The van der Waals surface area contributed by atoms with Crippen LogP contribution in [-0.2, 0) is 27.5 Å². The molecule has 1 aliphatic heterocycles. The topological polar surface area (TPSA) is 71.1 Å². The smallest absolute Gasteiger partial charge is 0.163 e. The molecular weight excluding hydrogens is 552 g/mol. The molecule has 0 atom stereocenters. The van der Waals surface area contributed by atoms with E-state index in [-0.39, 0.29) is 29.0 Å². The molecule has 0 saturated heterocycles. The summed E-state index contributed by atoms with van der Waals surface area (Å²) in [6, 6.07) is 23.5. The van der Waals surface area contributed by atoms with Crippen molar-refractivity contribution in [3.05, 3.63) is 112 Å². The molecule has 3 aliphatic rings. The number of hydrogen-bond donors (Lipinski definition) is 0. The zero-order valence-electron chi connectivity index (χ0n) is 26.2. The van der Waals surface area contributed by atoms with Gasteiger partial charge in [0, 0.05) is 42.4 Å². The molecule has 6 heteroatoms. The molecule has 0 unspecified atom stereocenters. The molecule has 1 heterocycles. The lowest BCUT2D eigenvalue weighted by molar-refractivity contribution is -0.120. The molecule has 0 N–H and O–H groups in total. The van der Waals surface area contributed by atoms with Crippen LogP contribution in [0.15, 0.2) is 95.5 Å². The van der Waals surface area contributed by atoms with Gasteiger partial charge in [0.25, 0.3) is 0 Å². The maximum atomic E-state index is 13.7. The first-order valence-electron chi connectivity index (χ1n) is 15.3. The third kappa shape index (κ3) is 6.03. The molecule has 0 aromatic heterocycles. The lowest BCUT2D eigenvalue weighted by atomic mass is 9.65. The Balaban J connectivity index is 1.30. The largest absolute Gasteiger partial charge is 0.493 e. The maximum absolute atomic E-state index is 13.7. The Morgan fingerprint density at radius 1 is 0.659 bits per heavy atom. The van der Waals surface area contributed by atoms with Gasteiger partial charge in [-0.05, 0) is 40.2 Å². The van der Waals surface area contributed by atoms with Gasteiger partial charge in [0.05, 0.1) is 13.0 Å². The van der Waals surface area contributed by atoms with Crippen LogP contribution >= 0.6 is 0 Å². The van der Waals surface area contributed by atoms with Crippen molar-refractivity contribution in [3.63, 3.8) is 0 Å². The Hall–Kier alpha value is -4.32. The van der Waals surface area contributed by atoms with Gasteiger partial charge in [-0.2, -0.15) is 0 Å². The SMILES string of the molecule is COc1cc(COc2ccccc2C2C3=C(CC(C)(C)CC3=O)OC3=C2C(=O)CC(C)(C)C3)ccc1OCc1ccccc1. The van der Waals surface area contributed by atoms with Gasteiger partial charge in [0.2, 0.25) is 0 Å². The van der Waals surface area contributed by atoms with Crippen LogP contribution in [0, 0.1) is 10.8 Å². The number of ether oxygens (including phenoxy) is 4. The third-order valence-electron chi connectivity index (χ3n) is 8.67. The molecule has 44 heavy (non-hydrogen) atoms. The van der Waals surface area contributed by atoms with Crippen molar-refractivity contribution in [2.45, 2.75) is 72.5 Å². The summed E-state index contributed by atoms with van der Waals surface area (Å²) in [5, 5.41) is 0. The fraction of sp³-hybridized carbons (Fsp3) is 0.368. The molecular formula is C38H40O6. The summed E-state index contributed by atoms with van der Waals surface area (Å²) in [7, 11) is 1.62. The fourth-order valence-electron chi connectivity index (χ4n) is 6.65. The molecule has 0 bridgehead atoms. The lowest BCUT2D eigenvalue weighted by Crippen LogP contribution is -2.37. The van der Waals surface area contributed by atoms with Crippen molar-refractivity contribution in [2.24, 2.45) is 10.8 Å². The number of benzene rings is 3. The Morgan fingerprint density at radius 2 is 1.23 bits per heavy atom. The number of hydrogen-bond acceptors (Lipinski definition) is 6. The van der Waals surface area contributed by atoms with Crippen LogP contribution < -0.4 is 14.2 Å². The highest BCUT2D eigenvalue weighted by Gasteiger charge is 2.48. The number of methoxy groups -OCH3 is 1. The van der Waals surface area contributed by atoms with Crippen molar-refractivity contribution in [3.8, 4) is 17.2 Å². The average Bonchev–Trinajstić information content (AvgIpc) is 2.97. The monoisotopic (exact) mass is 592 g/mol. The average molecular weight is 593 g/mol. The van der Waals surface area contributed by atoms with Crippen LogP contribution in [0.1, 0.15) is 76.0 Å². The summed E-state index contributed by atoms with van der Waals surface area (Å²) in [6.45, 7) is 9.08. The molecule has 0 spiro atoms. The Kier molecular flexibility index (Phi) is 7.87. The lowest BCUT2D eigenvalue weighted by Gasteiger charge is -2.43. The van der Waals surface area contributed by atoms with Crippen LogP contribution in [0.2, 0.25) is 0 Å². The number of carbonyl (C=O) groups excluding carboxylic acids is 2. The molecule has 3 aromatic rings. The van der Waals surface area contributed by atoms with Gasteiger partial charge in [0.1, 0.15) is 30.5 Å². The summed E-state index contributed by atoms with van der Waals surface area (Å²) in [5.74, 6) is 2.87. The van der Waals surface area contributed by atoms with Crippen LogP contribution in [0.5, 0.6) is 17.2 Å². The second-order valence-corrected chi connectivity index (χ2v) is 13.7. The van der Waals surface area contributed by atoms with Crippen molar-refractivity contribution in [1.82, 2.24) is 0 Å². The minimum absolute atomic E-state index is 0.0380. The van der Waals surface area contributed by atoms with Crippen LogP contribution in [-0.4, -0.2) is 18.7 Å². The van der Waals surface area contributed by atoms with Crippen molar-refractivity contribution >= 4 is 11.6 Å².